The van der Waals surface area contributed by atoms with Crippen molar-refractivity contribution in [3.63, 3.8) is 0 Å². The van der Waals surface area contributed by atoms with Crippen LogP contribution in [0.15, 0.2) is 45.5 Å². The number of furan rings is 1. The Hall–Kier alpha value is -1.82. The molecule has 1 heterocycles. The van der Waals surface area contributed by atoms with Gasteiger partial charge in [-0.05, 0) is 37.3 Å². The fourth-order valence-corrected chi connectivity index (χ4v) is 2.28. The minimum absolute atomic E-state index is 0.124. The maximum Gasteiger partial charge on any atom is 0.318 e. The van der Waals surface area contributed by atoms with Crippen LogP contribution in [0, 0.1) is 5.82 Å². The van der Waals surface area contributed by atoms with Crippen molar-refractivity contribution in [1.82, 2.24) is 10.2 Å². The Kier molecular flexibility index (Phi) is 5.01. The second kappa shape index (κ2) is 6.76. The van der Waals surface area contributed by atoms with Gasteiger partial charge in [-0.2, -0.15) is 0 Å². The molecule has 0 spiro atoms. The van der Waals surface area contributed by atoms with Crippen molar-refractivity contribution in [3.8, 4) is 0 Å². The molecule has 0 aliphatic rings. The molecule has 0 saturated heterocycles. The number of carbonyl (C=O) groups excluding carboxylic acids is 1. The highest BCUT2D eigenvalue weighted by Gasteiger charge is 2.19. The summed E-state index contributed by atoms with van der Waals surface area (Å²) in [4.78, 5) is 13.6. The average molecular weight is 355 g/mol. The van der Waals surface area contributed by atoms with Crippen LogP contribution in [0.3, 0.4) is 0 Å². The first-order valence-corrected chi connectivity index (χ1v) is 7.26. The van der Waals surface area contributed by atoms with Gasteiger partial charge in [0, 0.05) is 23.6 Å². The molecule has 2 rings (SSSR count). The van der Waals surface area contributed by atoms with Gasteiger partial charge in [-0.25, -0.2) is 9.18 Å². The molecule has 1 N–H and O–H groups in total. The number of hydrogen-bond acceptors (Lipinski definition) is 2. The number of nitrogens with one attached hydrogen (secondary N) is 1. The van der Waals surface area contributed by atoms with Crippen molar-refractivity contribution >= 4 is 22.0 Å². The van der Waals surface area contributed by atoms with E-state index in [1.54, 1.807) is 31.5 Å². The molecule has 0 saturated carbocycles. The SMILES string of the molecule is CC(c1ccco1)N(C)C(=O)NCc1cc(Br)ccc1F. The van der Waals surface area contributed by atoms with Gasteiger partial charge in [-0.15, -0.1) is 0 Å². The molecule has 1 unspecified atom stereocenters. The third-order valence-corrected chi connectivity index (χ3v) is 3.79. The maximum absolute atomic E-state index is 13.6. The van der Waals surface area contributed by atoms with Crippen LogP contribution in [0.5, 0.6) is 0 Å². The number of benzene rings is 1. The molecular weight excluding hydrogens is 339 g/mol. The zero-order chi connectivity index (χ0) is 15.4. The molecule has 112 valence electrons. The van der Waals surface area contributed by atoms with E-state index in [-0.39, 0.29) is 24.4 Å². The Bertz CT molecular complexity index is 616. The summed E-state index contributed by atoms with van der Waals surface area (Å²) in [6.45, 7) is 1.98. The van der Waals surface area contributed by atoms with Crippen molar-refractivity contribution < 1.29 is 13.6 Å². The quantitative estimate of drug-likeness (QED) is 0.898. The van der Waals surface area contributed by atoms with Crippen LogP contribution in [-0.4, -0.2) is 18.0 Å². The van der Waals surface area contributed by atoms with Crippen LogP contribution in [-0.2, 0) is 6.54 Å². The molecule has 4 nitrogen and oxygen atoms in total. The van der Waals surface area contributed by atoms with Gasteiger partial charge in [0.05, 0.1) is 12.3 Å². The molecule has 0 radical (unpaired) electrons. The number of carbonyl (C=O) groups is 1. The molecule has 1 aromatic carbocycles. The summed E-state index contributed by atoms with van der Waals surface area (Å²) in [5.41, 5.74) is 0.428. The first-order chi connectivity index (χ1) is 9.99. The summed E-state index contributed by atoms with van der Waals surface area (Å²) in [5.74, 6) is 0.349. The molecule has 0 aliphatic carbocycles. The normalized spacial score (nSPS) is 12.0. The van der Waals surface area contributed by atoms with Crippen LogP contribution in [0.25, 0.3) is 0 Å². The predicted molar refractivity (Wildman–Crippen MR) is 81.2 cm³/mol. The Morgan fingerprint density at radius 2 is 2.24 bits per heavy atom. The van der Waals surface area contributed by atoms with Crippen molar-refractivity contribution in [2.24, 2.45) is 0 Å². The minimum Gasteiger partial charge on any atom is -0.467 e. The van der Waals surface area contributed by atoms with Crippen LogP contribution in [0.4, 0.5) is 9.18 Å². The van der Waals surface area contributed by atoms with Crippen LogP contribution in [0.1, 0.15) is 24.3 Å². The molecule has 0 fully saturated rings. The lowest BCUT2D eigenvalue weighted by atomic mass is 10.2. The smallest absolute Gasteiger partial charge is 0.318 e. The van der Waals surface area contributed by atoms with E-state index in [0.717, 1.165) is 4.47 Å². The highest BCUT2D eigenvalue weighted by atomic mass is 79.9. The lowest BCUT2D eigenvalue weighted by molar-refractivity contribution is 0.187. The molecule has 1 atom stereocenters. The molecular formula is C15H16BrFN2O2. The molecule has 2 amide bonds. The summed E-state index contributed by atoms with van der Waals surface area (Å²) >= 11 is 3.28. The van der Waals surface area contributed by atoms with Crippen LogP contribution in [0.2, 0.25) is 0 Å². The van der Waals surface area contributed by atoms with Crippen LogP contribution < -0.4 is 5.32 Å². The molecule has 0 aliphatic heterocycles. The lowest BCUT2D eigenvalue weighted by Crippen LogP contribution is -2.38. The van der Waals surface area contributed by atoms with Gasteiger partial charge in [-0.3, -0.25) is 0 Å². The lowest BCUT2D eigenvalue weighted by Gasteiger charge is -2.23. The van der Waals surface area contributed by atoms with Gasteiger partial charge in [0.25, 0.3) is 0 Å². The summed E-state index contributed by atoms with van der Waals surface area (Å²) in [6.07, 6.45) is 1.56. The van der Waals surface area contributed by atoms with Gasteiger partial charge >= 0.3 is 6.03 Å². The van der Waals surface area contributed by atoms with Gasteiger partial charge in [0.2, 0.25) is 0 Å². The zero-order valence-electron chi connectivity index (χ0n) is 11.8. The van der Waals surface area contributed by atoms with E-state index in [2.05, 4.69) is 21.2 Å². The maximum atomic E-state index is 13.6. The third kappa shape index (κ3) is 3.85. The van der Waals surface area contributed by atoms with E-state index >= 15 is 0 Å². The number of amides is 2. The Morgan fingerprint density at radius 1 is 1.48 bits per heavy atom. The van der Waals surface area contributed by atoms with Crippen molar-refractivity contribution in [3.05, 3.63) is 58.2 Å². The minimum atomic E-state index is -0.347. The highest BCUT2D eigenvalue weighted by Crippen LogP contribution is 2.19. The Balaban J connectivity index is 1.96. The largest absolute Gasteiger partial charge is 0.467 e. The van der Waals surface area contributed by atoms with E-state index in [9.17, 15) is 9.18 Å². The molecule has 1 aromatic heterocycles. The summed E-state index contributed by atoms with van der Waals surface area (Å²) in [7, 11) is 1.67. The van der Waals surface area contributed by atoms with E-state index in [4.69, 9.17) is 4.42 Å². The third-order valence-electron chi connectivity index (χ3n) is 3.29. The highest BCUT2D eigenvalue weighted by molar-refractivity contribution is 9.10. The van der Waals surface area contributed by atoms with E-state index in [1.807, 2.05) is 13.0 Å². The van der Waals surface area contributed by atoms with Gasteiger partial charge in [0.1, 0.15) is 11.6 Å². The number of nitrogens with zero attached hydrogens (tertiary/aromatic N) is 1. The Morgan fingerprint density at radius 3 is 2.90 bits per heavy atom. The first-order valence-electron chi connectivity index (χ1n) is 6.47. The molecule has 6 heteroatoms. The van der Waals surface area contributed by atoms with Crippen molar-refractivity contribution in [1.29, 1.82) is 0 Å². The average Bonchev–Trinajstić information content (AvgIpc) is 3.00. The van der Waals surface area contributed by atoms with E-state index < -0.39 is 0 Å². The van der Waals surface area contributed by atoms with E-state index in [0.29, 0.717) is 11.3 Å². The molecule has 0 bridgehead atoms. The fourth-order valence-electron chi connectivity index (χ4n) is 1.87. The summed E-state index contributed by atoms with van der Waals surface area (Å²) in [6, 6.07) is 7.71. The molecule has 2 aromatic rings. The monoisotopic (exact) mass is 354 g/mol. The zero-order valence-corrected chi connectivity index (χ0v) is 13.4. The summed E-state index contributed by atoms with van der Waals surface area (Å²) in [5, 5.41) is 2.69. The van der Waals surface area contributed by atoms with Gasteiger partial charge < -0.3 is 14.6 Å². The topological polar surface area (TPSA) is 45.5 Å². The van der Waals surface area contributed by atoms with Crippen molar-refractivity contribution in [2.45, 2.75) is 19.5 Å². The second-order valence-corrected chi connectivity index (χ2v) is 5.61. The predicted octanol–water partition coefficient (Wildman–Crippen LogP) is 4.08. The number of halogens is 2. The second-order valence-electron chi connectivity index (χ2n) is 4.70. The molecule has 21 heavy (non-hydrogen) atoms. The number of urea groups is 1. The van der Waals surface area contributed by atoms with Crippen LogP contribution >= 0.6 is 15.9 Å². The first kappa shape index (κ1) is 15.6. The standard InChI is InChI=1S/C15H16BrFN2O2/c1-10(14-4-3-7-21-14)19(2)15(20)18-9-11-8-12(16)5-6-13(11)17/h3-8,10H,9H2,1-2H3,(H,18,20). The van der Waals surface area contributed by atoms with Crippen molar-refractivity contribution in [2.75, 3.05) is 7.05 Å². The Labute approximate surface area is 131 Å². The van der Waals surface area contributed by atoms with E-state index in [1.165, 1.54) is 11.0 Å². The van der Waals surface area contributed by atoms with Gasteiger partial charge in [0.15, 0.2) is 0 Å². The summed E-state index contributed by atoms with van der Waals surface area (Å²) < 4.78 is 19.6. The number of rotatable bonds is 4. The van der Waals surface area contributed by atoms with Gasteiger partial charge in [-0.1, -0.05) is 15.9 Å². The fraction of sp³-hybridized carbons (Fsp3) is 0.267. The number of hydrogen-bond donors (Lipinski definition) is 1.